The first kappa shape index (κ1) is 19.1. The fourth-order valence-electron chi connectivity index (χ4n) is 2.92. The van der Waals surface area contributed by atoms with E-state index in [1.54, 1.807) is 0 Å². The Labute approximate surface area is 149 Å². The molecule has 132 valence electrons. The first-order chi connectivity index (χ1) is 11.8. The fourth-order valence-corrected chi connectivity index (χ4v) is 4.44. The quantitative estimate of drug-likeness (QED) is 0.475. The van der Waals surface area contributed by atoms with Gasteiger partial charge in [0.05, 0.1) is 13.2 Å². The Morgan fingerprint density at radius 2 is 2.00 bits per heavy atom. The third kappa shape index (κ3) is 7.54. The normalized spacial score (nSPS) is 20.7. The molecular weight excluding hydrogens is 320 g/mol. The number of hydrogen-bond acceptors (Lipinski definition) is 3. The number of rotatable bonds is 11. The van der Waals surface area contributed by atoms with Crippen molar-refractivity contribution in [2.24, 2.45) is 11.8 Å². The number of thioether (sulfide) groups is 1. The smallest absolute Gasteiger partial charge is 0.303 e. The molecule has 2 atom stereocenters. The average Bonchev–Trinajstić information content (AvgIpc) is 3.03. The maximum absolute atomic E-state index is 10.5. The van der Waals surface area contributed by atoms with Crippen LogP contribution in [0.4, 0.5) is 0 Å². The Kier molecular flexibility index (Phi) is 9.00. The van der Waals surface area contributed by atoms with Gasteiger partial charge in [-0.15, -0.1) is 0 Å². The van der Waals surface area contributed by atoms with Crippen LogP contribution in [0.5, 0.6) is 0 Å². The Hall–Kier alpha value is -1.26. The summed E-state index contributed by atoms with van der Waals surface area (Å²) in [6, 6.07) is 10.5. The molecule has 1 aliphatic rings. The van der Waals surface area contributed by atoms with Crippen LogP contribution in [0.2, 0.25) is 0 Å². The van der Waals surface area contributed by atoms with E-state index in [9.17, 15) is 4.79 Å². The molecule has 24 heavy (non-hydrogen) atoms. The topological polar surface area (TPSA) is 46.5 Å². The zero-order valence-electron chi connectivity index (χ0n) is 14.2. The molecule has 0 aliphatic carbocycles. The molecule has 1 aliphatic heterocycles. The molecule has 0 radical (unpaired) electrons. The largest absolute Gasteiger partial charge is 0.481 e. The van der Waals surface area contributed by atoms with Crippen LogP contribution in [-0.2, 0) is 16.0 Å². The maximum Gasteiger partial charge on any atom is 0.303 e. The van der Waals surface area contributed by atoms with Gasteiger partial charge in [-0.25, -0.2) is 0 Å². The molecule has 1 heterocycles. The van der Waals surface area contributed by atoms with Gasteiger partial charge in [0.2, 0.25) is 0 Å². The minimum Gasteiger partial charge on any atom is -0.481 e. The summed E-state index contributed by atoms with van der Waals surface area (Å²) in [5.41, 5.74) is 1.33. The van der Waals surface area contributed by atoms with Gasteiger partial charge in [0.1, 0.15) is 0 Å². The highest BCUT2D eigenvalue weighted by molar-refractivity contribution is 7.99. The summed E-state index contributed by atoms with van der Waals surface area (Å²) in [4.78, 5) is 10.5. The first-order valence-corrected chi connectivity index (χ1v) is 9.97. The molecule has 4 heteroatoms. The van der Waals surface area contributed by atoms with Gasteiger partial charge in [-0.2, -0.15) is 11.8 Å². The van der Waals surface area contributed by atoms with Gasteiger partial charge in [-0.05, 0) is 54.6 Å². The van der Waals surface area contributed by atoms with Gasteiger partial charge in [0.15, 0.2) is 0 Å². The summed E-state index contributed by atoms with van der Waals surface area (Å²) in [5, 5.41) is 8.61. The van der Waals surface area contributed by atoms with Crippen molar-refractivity contribution in [2.45, 2.75) is 32.1 Å². The predicted octanol–water partition coefficient (Wildman–Crippen LogP) is 4.43. The predicted molar refractivity (Wildman–Crippen MR) is 101 cm³/mol. The summed E-state index contributed by atoms with van der Waals surface area (Å²) in [6.45, 7) is 1.65. The third-order valence-corrected chi connectivity index (χ3v) is 5.73. The minimum absolute atomic E-state index is 0.265. The van der Waals surface area contributed by atoms with E-state index >= 15 is 0 Å². The molecule has 1 aromatic carbocycles. The van der Waals surface area contributed by atoms with Crippen LogP contribution in [0.15, 0.2) is 42.5 Å². The van der Waals surface area contributed by atoms with Crippen molar-refractivity contribution >= 4 is 17.7 Å². The highest BCUT2D eigenvalue weighted by Gasteiger charge is 2.26. The van der Waals surface area contributed by atoms with Gasteiger partial charge in [0.25, 0.3) is 0 Å². The number of benzene rings is 1. The number of ether oxygens (including phenoxy) is 1. The third-order valence-electron chi connectivity index (χ3n) is 4.41. The lowest BCUT2D eigenvalue weighted by Crippen LogP contribution is -2.18. The van der Waals surface area contributed by atoms with E-state index in [0.29, 0.717) is 11.8 Å². The van der Waals surface area contributed by atoms with Crippen LogP contribution in [0.25, 0.3) is 0 Å². The second kappa shape index (κ2) is 11.3. The van der Waals surface area contributed by atoms with E-state index in [1.165, 1.54) is 17.1 Å². The minimum atomic E-state index is -0.705. The Balaban J connectivity index is 1.58. The van der Waals surface area contributed by atoms with E-state index in [1.807, 2.05) is 17.8 Å². The average molecular weight is 349 g/mol. The summed E-state index contributed by atoms with van der Waals surface area (Å²) in [7, 11) is 0. The molecule has 0 unspecified atom stereocenters. The Morgan fingerprint density at radius 1 is 1.21 bits per heavy atom. The van der Waals surface area contributed by atoms with Crippen molar-refractivity contribution in [3.05, 3.63) is 48.0 Å². The van der Waals surface area contributed by atoms with Crippen LogP contribution in [-0.4, -0.2) is 35.8 Å². The van der Waals surface area contributed by atoms with Crippen molar-refractivity contribution in [1.82, 2.24) is 0 Å². The number of unbranched alkanes of at least 4 members (excludes halogenated alkanes) is 1. The van der Waals surface area contributed by atoms with Crippen molar-refractivity contribution in [3.63, 3.8) is 0 Å². The summed E-state index contributed by atoms with van der Waals surface area (Å²) in [6.07, 6.45) is 8.30. The van der Waals surface area contributed by atoms with Gasteiger partial charge < -0.3 is 9.84 Å². The SMILES string of the molecule is O=C(O)CCC/C=C\C[C@H]1CSC[C@@H]1COCCc1ccccc1. The number of allylic oxidation sites excluding steroid dienone is 2. The van der Waals surface area contributed by atoms with E-state index in [4.69, 9.17) is 9.84 Å². The molecule has 1 fully saturated rings. The number of aliphatic carboxylic acids is 1. The lowest BCUT2D eigenvalue weighted by molar-refractivity contribution is -0.137. The van der Waals surface area contributed by atoms with E-state index in [2.05, 4.69) is 36.4 Å². The molecule has 0 bridgehead atoms. The summed E-state index contributed by atoms with van der Waals surface area (Å²) in [5.74, 6) is 3.05. The molecule has 1 aromatic rings. The first-order valence-electron chi connectivity index (χ1n) is 8.82. The van der Waals surface area contributed by atoms with Crippen molar-refractivity contribution in [3.8, 4) is 0 Å². The van der Waals surface area contributed by atoms with E-state index in [-0.39, 0.29) is 6.42 Å². The number of carbonyl (C=O) groups is 1. The molecule has 1 saturated heterocycles. The van der Waals surface area contributed by atoms with Crippen LogP contribution in [0, 0.1) is 11.8 Å². The van der Waals surface area contributed by atoms with Gasteiger partial charge >= 0.3 is 5.97 Å². The Morgan fingerprint density at radius 3 is 2.79 bits per heavy atom. The molecule has 0 saturated carbocycles. The van der Waals surface area contributed by atoms with E-state index in [0.717, 1.165) is 38.9 Å². The van der Waals surface area contributed by atoms with Crippen molar-refractivity contribution in [2.75, 3.05) is 24.7 Å². The second-order valence-corrected chi connectivity index (χ2v) is 7.44. The molecule has 0 spiro atoms. The molecule has 3 nitrogen and oxygen atoms in total. The fraction of sp³-hybridized carbons (Fsp3) is 0.550. The van der Waals surface area contributed by atoms with Crippen LogP contribution < -0.4 is 0 Å². The molecule has 0 aromatic heterocycles. The molecule has 2 rings (SSSR count). The molecule has 1 N–H and O–H groups in total. The monoisotopic (exact) mass is 348 g/mol. The number of carboxylic acids is 1. The summed E-state index contributed by atoms with van der Waals surface area (Å²) < 4.78 is 5.92. The van der Waals surface area contributed by atoms with E-state index < -0.39 is 5.97 Å². The van der Waals surface area contributed by atoms with Gasteiger partial charge in [0, 0.05) is 6.42 Å². The highest BCUT2D eigenvalue weighted by atomic mass is 32.2. The molecular formula is C20H28O3S. The highest BCUT2D eigenvalue weighted by Crippen LogP contribution is 2.32. The lowest BCUT2D eigenvalue weighted by Gasteiger charge is -2.17. The second-order valence-electron chi connectivity index (χ2n) is 6.36. The number of hydrogen-bond donors (Lipinski definition) is 1. The zero-order valence-corrected chi connectivity index (χ0v) is 15.0. The summed E-state index contributed by atoms with van der Waals surface area (Å²) >= 11 is 2.03. The van der Waals surface area contributed by atoms with Crippen LogP contribution >= 0.6 is 11.8 Å². The van der Waals surface area contributed by atoms with Crippen LogP contribution in [0.3, 0.4) is 0 Å². The molecule has 0 amide bonds. The number of carboxylic acid groups (broad SMARTS) is 1. The standard InChI is InChI=1S/C20H28O3S/c21-20(22)11-7-2-1-6-10-18-15-24-16-19(18)14-23-13-12-17-8-4-3-5-9-17/h1,3-6,8-9,18-19H,2,7,10-16H2,(H,21,22)/b6-1-/t18-,19-/m0/s1. The van der Waals surface area contributed by atoms with Crippen LogP contribution in [0.1, 0.15) is 31.2 Å². The lowest BCUT2D eigenvalue weighted by atomic mass is 9.93. The van der Waals surface area contributed by atoms with Gasteiger partial charge in [-0.1, -0.05) is 42.5 Å². The van der Waals surface area contributed by atoms with Gasteiger partial charge in [-0.3, -0.25) is 4.79 Å². The van der Waals surface area contributed by atoms with Crippen molar-refractivity contribution < 1.29 is 14.6 Å². The van der Waals surface area contributed by atoms with Crippen molar-refractivity contribution in [1.29, 1.82) is 0 Å². The zero-order chi connectivity index (χ0) is 17.0. The Bertz CT molecular complexity index is 501. The maximum atomic E-state index is 10.5.